The van der Waals surface area contributed by atoms with Gasteiger partial charge in [-0.1, -0.05) is 32.4 Å². The zero-order chi connectivity index (χ0) is 17.0. The normalized spacial score (nSPS) is 46.4. The van der Waals surface area contributed by atoms with Crippen LogP contribution in [0.4, 0.5) is 0 Å². The fourth-order valence-corrected chi connectivity index (χ4v) is 5.61. The number of aliphatic carboxylic acids is 1. The second-order valence-electron chi connectivity index (χ2n) is 8.66. The van der Waals surface area contributed by atoms with Gasteiger partial charge < -0.3 is 5.11 Å². The monoisotopic (exact) mass is 316 g/mol. The number of rotatable bonds is 2. The van der Waals surface area contributed by atoms with Gasteiger partial charge in [0, 0.05) is 11.8 Å². The summed E-state index contributed by atoms with van der Waals surface area (Å²) in [5, 5.41) is 9.82. The Labute approximate surface area is 138 Å². The van der Waals surface area contributed by atoms with Gasteiger partial charge in [-0.15, -0.1) is 6.58 Å². The maximum Gasteiger partial charge on any atom is 0.309 e. The number of carbonyl (C=O) groups excluding carboxylic acids is 1. The first kappa shape index (κ1) is 16.5. The minimum absolute atomic E-state index is 0.0519. The SMILES string of the molecule is C=C[C@]1(C)C=C2C(=O)CC3[C@@](C)(CCC[C@@]3(C)C(=O)O)C2CC1. The summed E-state index contributed by atoms with van der Waals surface area (Å²) < 4.78 is 0. The fraction of sp³-hybridized carbons (Fsp3) is 0.700. The molecule has 0 spiro atoms. The first-order valence-electron chi connectivity index (χ1n) is 8.79. The van der Waals surface area contributed by atoms with E-state index in [9.17, 15) is 14.7 Å². The van der Waals surface area contributed by atoms with Crippen LogP contribution in [0.25, 0.3) is 0 Å². The predicted octanol–water partition coefficient (Wildman–Crippen LogP) is 4.39. The molecule has 0 saturated heterocycles. The van der Waals surface area contributed by atoms with Crippen molar-refractivity contribution in [1.82, 2.24) is 0 Å². The molecular weight excluding hydrogens is 288 g/mol. The Morgan fingerprint density at radius 1 is 1.30 bits per heavy atom. The van der Waals surface area contributed by atoms with E-state index in [1.165, 1.54) is 0 Å². The number of carbonyl (C=O) groups is 2. The molecule has 0 amide bonds. The van der Waals surface area contributed by atoms with Crippen LogP contribution in [0, 0.1) is 28.1 Å². The molecule has 0 aliphatic heterocycles. The van der Waals surface area contributed by atoms with Crippen LogP contribution in [0.15, 0.2) is 24.3 Å². The number of carboxylic acid groups (broad SMARTS) is 1. The Bertz CT molecular complexity index is 604. The number of allylic oxidation sites excluding steroid dienone is 3. The molecule has 3 aliphatic rings. The second kappa shape index (κ2) is 5.06. The van der Waals surface area contributed by atoms with Crippen molar-refractivity contribution in [2.45, 2.75) is 59.3 Å². The molecule has 0 aromatic carbocycles. The molecule has 2 unspecified atom stereocenters. The van der Waals surface area contributed by atoms with Gasteiger partial charge in [-0.3, -0.25) is 9.59 Å². The molecule has 23 heavy (non-hydrogen) atoms. The molecule has 0 aromatic heterocycles. The molecule has 2 saturated carbocycles. The van der Waals surface area contributed by atoms with Gasteiger partial charge in [0.05, 0.1) is 5.41 Å². The molecule has 3 aliphatic carbocycles. The maximum atomic E-state index is 12.8. The minimum atomic E-state index is -0.770. The van der Waals surface area contributed by atoms with Crippen molar-refractivity contribution in [1.29, 1.82) is 0 Å². The topological polar surface area (TPSA) is 54.4 Å². The number of hydrogen-bond acceptors (Lipinski definition) is 2. The van der Waals surface area contributed by atoms with Crippen LogP contribution in [0.1, 0.15) is 59.3 Å². The summed E-state index contributed by atoms with van der Waals surface area (Å²) >= 11 is 0. The lowest BCUT2D eigenvalue weighted by atomic mass is 9.45. The highest BCUT2D eigenvalue weighted by atomic mass is 16.4. The van der Waals surface area contributed by atoms with Crippen molar-refractivity contribution in [3.8, 4) is 0 Å². The summed E-state index contributed by atoms with van der Waals surface area (Å²) in [4.78, 5) is 24.8. The average molecular weight is 316 g/mol. The lowest BCUT2D eigenvalue weighted by molar-refractivity contribution is -0.165. The largest absolute Gasteiger partial charge is 0.481 e. The summed E-state index contributed by atoms with van der Waals surface area (Å²) in [6.45, 7) is 10.2. The third-order valence-electron chi connectivity index (χ3n) is 7.27. The molecule has 0 radical (unpaired) electrons. The molecule has 3 heteroatoms. The number of ketones is 1. The van der Waals surface area contributed by atoms with Gasteiger partial charge in [0.15, 0.2) is 5.78 Å². The van der Waals surface area contributed by atoms with E-state index in [2.05, 4.69) is 26.5 Å². The molecule has 2 fully saturated rings. The third kappa shape index (κ3) is 2.23. The number of fused-ring (bicyclic) bond motifs is 3. The molecule has 0 heterocycles. The second-order valence-corrected chi connectivity index (χ2v) is 8.66. The van der Waals surface area contributed by atoms with Gasteiger partial charge in [0.1, 0.15) is 0 Å². The zero-order valence-electron chi connectivity index (χ0n) is 14.5. The molecule has 126 valence electrons. The van der Waals surface area contributed by atoms with E-state index in [0.29, 0.717) is 12.8 Å². The number of hydrogen-bond donors (Lipinski definition) is 1. The summed E-state index contributed by atoms with van der Waals surface area (Å²) in [5.41, 5.74) is 0.00301. The van der Waals surface area contributed by atoms with Crippen molar-refractivity contribution in [2.75, 3.05) is 0 Å². The van der Waals surface area contributed by atoms with Gasteiger partial charge in [-0.25, -0.2) is 0 Å². The molecule has 0 bridgehead atoms. The fourth-order valence-electron chi connectivity index (χ4n) is 5.61. The van der Waals surface area contributed by atoms with Crippen LogP contribution < -0.4 is 0 Å². The standard InChI is InChI=1S/C20H28O3/c1-5-18(2)10-7-14-13(12-18)15(21)11-16-19(14,3)8-6-9-20(16,4)17(22)23/h5,12,14,16H,1,6-11H2,2-4H3,(H,22,23)/t14?,16?,18-,19-,20+/m0/s1. The highest BCUT2D eigenvalue weighted by Gasteiger charge is 2.60. The van der Waals surface area contributed by atoms with Gasteiger partial charge in [0.2, 0.25) is 0 Å². The number of carboxylic acids is 1. The Morgan fingerprint density at radius 3 is 2.61 bits per heavy atom. The van der Waals surface area contributed by atoms with E-state index >= 15 is 0 Å². The lowest BCUT2D eigenvalue weighted by Crippen LogP contribution is -2.56. The lowest BCUT2D eigenvalue weighted by Gasteiger charge is -2.58. The van der Waals surface area contributed by atoms with Crippen LogP contribution in [-0.2, 0) is 9.59 Å². The Kier molecular flexibility index (Phi) is 3.62. The minimum Gasteiger partial charge on any atom is -0.481 e. The maximum absolute atomic E-state index is 12.8. The number of Topliss-reactive ketones (excluding diaryl/α,β-unsaturated/α-hetero) is 1. The Hall–Kier alpha value is -1.38. The van der Waals surface area contributed by atoms with Gasteiger partial charge in [-0.2, -0.15) is 0 Å². The average Bonchev–Trinajstić information content (AvgIpc) is 2.50. The van der Waals surface area contributed by atoms with Gasteiger partial charge in [0.25, 0.3) is 0 Å². The van der Waals surface area contributed by atoms with Crippen LogP contribution in [0.5, 0.6) is 0 Å². The highest BCUT2D eigenvalue weighted by Crippen LogP contribution is 2.63. The quantitative estimate of drug-likeness (QED) is 0.769. The van der Waals surface area contributed by atoms with Crippen LogP contribution in [0.3, 0.4) is 0 Å². The first-order chi connectivity index (χ1) is 10.7. The summed E-state index contributed by atoms with van der Waals surface area (Å²) in [6.07, 6.45) is 9.06. The molecular formula is C20H28O3. The van der Waals surface area contributed by atoms with E-state index in [0.717, 1.165) is 31.3 Å². The van der Waals surface area contributed by atoms with Crippen LogP contribution in [0.2, 0.25) is 0 Å². The molecule has 3 rings (SSSR count). The Morgan fingerprint density at radius 2 is 2.00 bits per heavy atom. The molecule has 1 N–H and O–H groups in total. The first-order valence-corrected chi connectivity index (χ1v) is 8.79. The third-order valence-corrected chi connectivity index (χ3v) is 7.27. The van der Waals surface area contributed by atoms with Crippen molar-refractivity contribution < 1.29 is 14.7 Å². The van der Waals surface area contributed by atoms with Gasteiger partial charge in [-0.05, 0) is 55.4 Å². The van der Waals surface area contributed by atoms with E-state index in [-0.39, 0.29) is 28.4 Å². The molecule has 3 nitrogen and oxygen atoms in total. The van der Waals surface area contributed by atoms with Crippen molar-refractivity contribution >= 4 is 11.8 Å². The van der Waals surface area contributed by atoms with Crippen molar-refractivity contribution in [3.63, 3.8) is 0 Å². The Balaban J connectivity index is 2.07. The smallest absolute Gasteiger partial charge is 0.309 e. The summed E-state index contributed by atoms with van der Waals surface area (Å²) in [6, 6.07) is 0. The van der Waals surface area contributed by atoms with E-state index < -0.39 is 11.4 Å². The molecule has 0 aromatic rings. The van der Waals surface area contributed by atoms with E-state index in [1.54, 1.807) is 0 Å². The van der Waals surface area contributed by atoms with Crippen LogP contribution >= 0.6 is 0 Å². The van der Waals surface area contributed by atoms with Crippen molar-refractivity contribution in [3.05, 3.63) is 24.3 Å². The summed E-state index contributed by atoms with van der Waals surface area (Å²) in [7, 11) is 0. The van der Waals surface area contributed by atoms with E-state index in [1.807, 2.05) is 13.0 Å². The predicted molar refractivity (Wildman–Crippen MR) is 89.9 cm³/mol. The van der Waals surface area contributed by atoms with Crippen LogP contribution in [-0.4, -0.2) is 16.9 Å². The van der Waals surface area contributed by atoms with Crippen molar-refractivity contribution in [2.24, 2.45) is 28.1 Å². The van der Waals surface area contributed by atoms with Gasteiger partial charge >= 0.3 is 5.97 Å². The summed E-state index contributed by atoms with van der Waals surface area (Å²) in [5.74, 6) is -0.412. The zero-order valence-corrected chi connectivity index (χ0v) is 14.5. The molecule has 5 atom stereocenters. The highest BCUT2D eigenvalue weighted by molar-refractivity contribution is 5.98. The van der Waals surface area contributed by atoms with E-state index in [4.69, 9.17) is 0 Å².